The quantitative estimate of drug-likeness (QED) is 0.681. The average Bonchev–Trinajstić information content (AvgIpc) is 2.87. The van der Waals surface area contributed by atoms with Crippen molar-refractivity contribution in [2.45, 2.75) is 24.5 Å². The molecular weight excluding hydrogens is 236 g/mol. The fourth-order valence-corrected chi connectivity index (χ4v) is 2.27. The van der Waals surface area contributed by atoms with Crippen molar-refractivity contribution in [3.63, 3.8) is 0 Å². The summed E-state index contributed by atoms with van der Waals surface area (Å²) < 4.78 is 16.1. The van der Waals surface area contributed by atoms with E-state index in [-0.39, 0.29) is 17.6 Å². The maximum atomic E-state index is 11.8. The summed E-state index contributed by atoms with van der Waals surface area (Å²) in [5.74, 6) is 0.0290. The largest absolute Gasteiger partial charge is 0.378 e. The molecule has 0 aromatic heterocycles. The highest BCUT2D eigenvalue weighted by molar-refractivity contribution is 5.76. The third-order valence-electron chi connectivity index (χ3n) is 3.54. The number of ether oxygens (including phenoxy) is 3. The number of hydrogen-bond donors (Lipinski definition) is 2. The molecule has 104 valence electrons. The second kappa shape index (κ2) is 6.47. The van der Waals surface area contributed by atoms with Crippen molar-refractivity contribution in [3.8, 4) is 0 Å². The van der Waals surface area contributed by atoms with E-state index in [4.69, 9.17) is 14.2 Å². The van der Waals surface area contributed by atoms with Crippen LogP contribution in [0.5, 0.6) is 0 Å². The maximum absolute atomic E-state index is 11.8. The number of nitrogens with one attached hydrogen (secondary N) is 2. The Hall–Kier alpha value is -0.690. The van der Waals surface area contributed by atoms with Crippen molar-refractivity contribution < 1.29 is 19.0 Å². The Balaban J connectivity index is 1.70. The van der Waals surface area contributed by atoms with E-state index in [0.717, 1.165) is 19.6 Å². The molecule has 0 aromatic rings. The standard InChI is InChI=1S/C12H22N2O4/c1-16-12(2-4-18-9-12)8-14-11(15)6-10-7-17-5-3-13-10/h10,13H,2-9H2,1H3,(H,14,15). The van der Waals surface area contributed by atoms with Crippen molar-refractivity contribution in [1.82, 2.24) is 10.6 Å². The molecule has 2 rings (SSSR count). The first-order chi connectivity index (χ1) is 8.74. The molecule has 18 heavy (non-hydrogen) atoms. The summed E-state index contributed by atoms with van der Waals surface area (Å²) in [7, 11) is 1.66. The van der Waals surface area contributed by atoms with Crippen LogP contribution in [-0.4, -0.2) is 64.2 Å². The molecule has 0 bridgehead atoms. The van der Waals surface area contributed by atoms with Crippen LogP contribution in [-0.2, 0) is 19.0 Å². The highest BCUT2D eigenvalue weighted by Crippen LogP contribution is 2.21. The van der Waals surface area contributed by atoms with Gasteiger partial charge in [0.1, 0.15) is 5.60 Å². The highest BCUT2D eigenvalue weighted by Gasteiger charge is 2.35. The number of carbonyl (C=O) groups excluding carboxylic acids is 1. The van der Waals surface area contributed by atoms with Crippen LogP contribution in [0.4, 0.5) is 0 Å². The van der Waals surface area contributed by atoms with Gasteiger partial charge in [0.15, 0.2) is 0 Å². The normalized spacial score (nSPS) is 32.4. The lowest BCUT2D eigenvalue weighted by Gasteiger charge is -2.27. The molecule has 0 radical (unpaired) electrons. The first-order valence-electron chi connectivity index (χ1n) is 6.45. The van der Waals surface area contributed by atoms with Gasteiger partial charge in [-0.3, -0.25) is 4.79 Å². The Kier molecular flexibility index (Phi) is 4.94. The van der Waals surface area contributed by atoms with Gasteiger partial charge >= 0.3 is 0 Å². The molecule has 1 amide bonds. The summed E-state index contributed by atoms with van der Waals surface area (Å²) in [4.78, 5) is 11.8. The van der Waals surface area contributed by atoms with E-state index in [1.165, 1.54) is 0 Å². The molecule has 2 N–H and O–H groups in total. The van der Waals surface area contributed by atoms with Crippen LogP contribution in [0.1, 0.15) is 12.8 Å². The van der Waals surface area contributed by atoms with Gasteiger partial charge in [-0.2, -0.15) is 0 Å². The molecule has 6 heteroatoms. The van der Waals surface area contributed by atoms with Crippen LogP contribution in [0.2, 0.25) is 0 Å². The van der Waals surface area contributed by atoms with Crippen molar-refractivity contribution in [1.29, 1.82) is 0 Å². The minimum absolute atomic E-state index is 0.0290. The Morgan fingerprint density at radius 1 is 1.50 bits per heavy atom. The molecule has 6 nitrogen and oxygen atoms in total. The molecule has 2 atom stereocenters. The lowest BCUT2D eigenvalue weighted by atomic mass is 10.0. The number of amides is 1. The summed E-state index contributed by atoms with van der Waals surface area (Å²) in [5.41, 5.74) is -0.341. The molecule has 2 aliphatic heterocycles. The summed E-state index contributed by atoms with van der Waals surface area (Å²) in [6.45, 7) is 3.90. The Morgan fingerprint density at radius 2 is 2.39 bits per heavy atom. The molecule has 2 fully saturated rings. The lowest BCUT2D eigenvalue weighted by Crippen LogP contribution is -2.48. The second-order valence-corrected chi connectivity index (χ2v) is 4.90. The van der Waals surface area contributed by atoms with E-state index >= 15 is 0 Å². The van der Waals surface area contributed by atoms with Crippen LogP contribution < -0.4 is 10.6 Å². The van der Waals surface area contributed by atoms with Crippen molar-refractivity contribution >= 4 is 5.91 Å². The Morgan fingerprint density at radius 3 is 3.00 bits per heavy atom. The summed E-state index contributed by atoms with van der Waals surface area (Å²) in [6, 6.07) is 0.122. The number of hydrogen-bond acceptors (Lipinski definition) is 5. The summed E-state index contributed by atoms with van der Waals surface area (Å²) in [6.07, 6.45) is 1.27. The van der Waals surface area contributed by atoms with Gasteiger partial charge in [-0.25, -0.2) is 0 Å². The van der Waals surface area contributed by atoms with Crippen LogP contribution in [0.15, 0.2) is 0 Å². The van der Waals surface area contributed by atoms with Crippen molar-refractivity contribution in [3.05, 3.63) is 0 Å². The molecule has 2 saturated heterocycles. The van der Waals surface area contributed by atoms with E-state index in [0.29, 0.717) is 32.8 Å². The zero-order valence-corrected chi connectivity index (χ0v) is 10.9. The molecular formula is C12H22N2O4. The third kappa shape index (κ3) is 3.65. The molecule has 2 heterocycles. The highest BCUT2D eigenvalue weighted by atomic mass is 16.5. The monoisotopic (exact) mass is 258 g/mol. The molecule has 0 aromatic carbocycles. The van der Waals surface area contributed by atoms with Gasteiger partial charge in [0.25, 0.3) is 0 Å². The Labute approximate surface area is 107 Å². The molecule has 0 aliphatic carbocycles. The van der Waals surface area contributed by atoms with E-state index in [2.05, 4.69) is 10.6 Å². The predicted molar refractivity (Wildman–Crippen MR) is 65.4 cm³/mol. The number of morpholine rings is 1. The minimum atomic E-state index is -0.341. The van der Waals surface area contributed by atoms with E-state index < -0.39 is 0 Å². The number of methoxy groups -OCH3 is 1. The maximum Gasteiger partial charge on any atom is 0.221 e. The van der Waals surface area contributed by atoms with Gasteiger partial charge in [0.2, 0.25) is 5.91 Å². The molecule has 2 unspecified atom stereocenters. The lowest BCUT2D eigenvalue weighted by molar-refractivity contribution is -0.124. The van der Waals surface area contributed by atoms with Gasteiger partial charge in [-0.15, -0.1) is 0 Å². The third-order valence-corrected chi connectivity index (χ3v) is 3.54. The van der Waals surface area contributed by atoms with E-state index in [1.807, 2.05) is 0 Å². The topological polar surface area (TPSA) is 68.8 Å². The number of rotatable bonds is 5. The predicted octanol–water partition coefficient (Wildman–Crippen LogP) is -0.713. The average molecular weight is 258 g/mol. The fourth-order valence-electron chi connectivity index (χ4n) is 2.27. The van der Waals surface area contributed by atoms with Crippen LogP contribution in [0.25, 0.3) is 0 Å². The van der Waals surface area contributed by atoms with Crippen molar-refractivity contribution in [2.24, 2.45) is 0 Å². The van der Waals surface area contributed by atoms with Crippen LogP contribution in [0.3, 0.4) is 0 Å². The Bertz CT molecular complexity index is 273. The molecule has 0 spiro atoms. The van der Waals surface area contributed by atoms with Gasteiger partial charge in [-0.1, -0.05) is 0 Å². The fraction of sp³-hybridized carbons (Fsp3) is 0.917. The minimum Gasteiger partial charge on any atom is -0.378 e. The zero-order chi connectivity index (χ0) is 12.8. The summed E-state index contributed by atoms with van der Waals surface area (Å²) >= 11 is 0. The molecule has 2 aliphatic rings. The van der Waals surface area contributed by atoms with Crippen LogP contribution >= 0.6 is 0 Å². The zero-order valence-electron chi connectivity index (χ0n) is 10.9. The van der Waals surface area contributed by atoms with Gasteiger partial charge in [-0.05, 0) is 0 Å². The van der Waals surface area contributed by atoms with Gasteiger partial charge < -0.3 is 24.8 Å². The van der Waals surface area contributed by atoms with Gasteiger partial charge in [0.05, 0.1) is 19.8 Å². The van der Waals surface area contributed by atoms with Crippen molar-refractivity contribution in [2.75, 3.05) is 46.6 Å². The number of carbonyl (C=O) groups is 1. The SMILES string of the molecule is COC1(CNC(=O)CC2COCCN2)CCOC1. The first-order valence-corrected chi connectivity index (χ1v) is 6.45. The van der Waals surface area contributed by atoms with Gasteiger partial charge in [0, 0.05) is 45.7 Å². The smallest absolute Gasteiger partial charge is 0.221 e. The summed E-state index contributed by atoms with van der Waals surface area (Å²) in [5, 5.41) is 6.18. The second-order valence-electron chi connectivity index (χ2n) is 4.90. The molecule has 0 saturated carbocycles. The van der Waals surface area contributed by atoms with Crippen LogP contribution in [0, 0.1) is 0 Å². The van der Waals surface area contributed by atoms with E-state index in [9.17, 15) is 4.79 Å². The first kappa shape index (κ1) is 13.7. The van der Waals surface area contributed by atoms with E-state index in [1.54, 1.807) is 7.11 Å².